The zero-order valence-electron chi connectivity index (χ0n) is 10.1. The Morgan fingerprint density at radius 2 is 2.06 bits per heavy atom. The molecule has 2 saturated carbocycles. The number of hydrogen-bond donors (Lipinski definition) is 1. The lowest BCUT2D eigenvalue weighted by Gasteiger charge is -2.28. The van der Waals surface area contributed by atoms with E-state index in [1.807, 2.05) is 0 Å². The molecule has 1 aromatic rings. The van der Waals surface area contributed by atoms with Crippen LogP contribution in [0.2, 0.25) is 0 Å². The second kappa shape index (κ2) is 3.59. The van der Waals surface area contributed by atoms with Gasteiger partial charge in [-0.25, -0.2) is 0 Å². The maximum absolute atomic E-state index is 6.50. The summed E-state index contributed by atoms with van der Waals surface area (Å²) < 4.78 is 0. The van der Waals surface area contributed by atoms with E-state index in [0.29, 0.717) is 5.92 Å². The molecule has 2 unspecified atom stereocenters. The van der Waals surface area contributed by atoms with Gasteiger partial charge in [0.1, 0.15) is 0 Å². The SMILES string of the molecule is Cc1ccccc1C1CC1(N)CC1CCC1. The predicted molar refractivity (Wildman–Crippen MR) is 67.4 cm³/mol. The molecule has 1 aromatic carbocycles. The summed E-state index contributed by atoms with van der Waals surface area (Å²) in [6.45, 7) is 2.21. The monoisotopic (exact) mass is 215 g/mol. The molecule has 0 heterocycles. The van der Waals surface area contributed by atoms with Crippen LogP contribution in [0.5, 0.6) is 0 Å². The van der Waals surface area contributed by atoms with Crippen molar-refractivity contribution in [2.75, 3.05) is 0 Å². The molecule has 1 nitrogen and oxygen atoms in total. The summed E-state index contributed by atoms with van der Waals surface area (Å²) in [6.07, 6.45) is 6.72. The zero-order valence-corrected chi connectivity index (χ0v) is 10.1. The molecule has 0 radical (unpaired) electrons. The Hall–Kier alpha value is -0.820. The largest absolute Gasteiger partial charge is 0.325 e. The fourth-order valence-corrected chi connectivity index (χ4v) is 3.18. The normalized spacial score (nSPS) is 33.5. The highest BCUT2D eigenvalue weighted by Crippen LogP contribution is 2.55. The summed E-state index contributed by atoms with van der Waals surface area (Å²) in [7, 11) is 0. The van der Waals surface area contributed by atoms with Crippen LogP contribution in [-0.2, 0) is 0 Å². The number of aryl methyl sites for hydroxylation is 1. The van der Waals surface area contributed by atoms with Crippen molar-refractivity contribution in [3.8, 4) is 0 Å². The van der Waals surface area contributed by atoms with E-state index in [1.54, 1.807) is 0 Å². The van der Waals surface area contributed by atoms with E-state index in [9.17, 15) is 0 Å². The predicted octanol–water partition coefficient (Wildman–Crippen LogP) is 3.37. The summed E-state index contributed by atoms with van der Waals surface area (Å²) in [5, 5.41) is 0. The van der Waals surface area contributed by atoms with Crippen LogP contribution < -0.4 is 5.73 Å². The van der Waals surface area contributed by atoms with E-state index in [2.05, 4.69) is 31.2 Å². The summed E-state index contributed by atoms with van der Waals surface area (Å²) in [6, 6.07) is 8.72. The van der Waals surface area contributed by atoms with Gasteiger partial charge in [-0.3, -0.25) is 0 Å². The average molecular weight is 215 g/mol. The Bertz CT molecular complexity index is 394. The van der Waals surface area contributed by atoms with Crippen molar-refractivity contribution in [2.45, 2.75) is 50.5 Å². The molecular formula is C15H21N. The molecule has 16 heavy (non-hydrogen) atoms. The number of rotatable bonds is 3. The first-order valence-corrected chi connectivity index (χ1v) is 6.53. The molecular weight excluding hydrogens is 194 g/mol. The lowest BCUT2D eigenvalue weighted by atomic mass is 9.79. The number of benzene rings is 1. The minimum Gasteiger partial charge on any atom is -0.325 e. The first kappa shape index (κ1) is 10.3. The smallest absolute Gasteiger partial charge is 0.0233 e. The van der Waals surface area contributed by atoms with Crippen molar-refractivity contribution in [1.29, 1.82) is 0 Å². The van der Waals surface area contributed by atoms with Crippen LogP contribution in [0.25, 0.3) is 0 Å². The third-order valence-electron chi connectivity index (χ3n) is 4.58. The first-order valence-electron chi connectivity index (χ1n) is 6.53. The van der Waals surface area contributed by atoms with Gasteiger partial charge in [0, 0.05) is 11.5 Å². The fraction of sp³-hybridized carbons (Fsp3) is 0.600. The van der Waals surface area contributed by atoms with Gasteiger partial charge >= 0.3 is 0 Å². The van der Waals surface area contributed by atoms with Gasteiger partial charge in [-0.1, -0.05) is 43.5 Å². The highest BCUT2D eigenvalue weighted by Gasteiger charge is 2.53. The van der Waals surface area contributed by atoms with Crippen LogP contribution in [0, 0.1) is 12.8 Å². The third kappa shape index (κ3) is 1.67. The molecule has 1 heteroatoms. The van der Waals surface area contributed by atoms with Crippen LogP contribution in [-0.4, -0.2) is 5.54 Å². The van der Waals surface area contributed by atoms with Crippen molar-refractivity contribution < 1.29 is 0 Å². The molecule has 0 spiro atoms. The molecule has 3 rings (SSSR count). The minimum atomic E-state index is 0.136. The average Bonchev–Trinajstić information content (AvgIpc) is 2.86. The Morgan fingerprint density at radius 3 is 2.69 bits per heavy atom. The second-order valence-corrected chi connectivity index (χ2v) is 5.85. The van der Waals surface area contributed by atoms with Crippen LogP contribution in [0.4, 0.5) is 0 Å². The van der Waals surface area contributed by atoms with Gasteiger partial charge in [-0.15, -0.1) is 0 Å². The molecule has 2 atom stereocenters. The molecule has 2 N–H and O–H groups in total. The molecule has 86 valence electrons. The van der Waals surface area contributed by atoms with Crippen LogP contribution >= 0.6 is 0 Å². The lowest BCUT2D eigenvalue weighted by molar-refractivity contribution is 0.267. The Kier molecular flexibility index (Phi) is 2.32. The molecule has 0 amide bonds. The molecule has 2 aliphatic carbocycles. The van der Waals surface area contributed by atoms with E-state index in [4.69, 9.17) is 5.73 Å². The Balaban J connectivity index is 1.72. The highest BCUT2D eigenvalue weighted by atomic mass is 14.9. The van der Waals surface area contributed by atoms with E-state index in [-0.39, 0.29) is 5.54 Å². The van der Waals surface area contributed by atoms with E-state index in [1.165, 1.54) is 43.2 Å². The third-order valence-corrected chi connectivity index (χ3v) is 4.58. The molecule has 2 aliphatic rings. The molecule has 0 aromatic heterocycles. The van der Waals surface area contributed by atoms with Gasteiger partial charge in [0.15, 0.2) is 0 Å². The van der Waals surface area contributed by atoms with Crippen molar-refractivity contribution in [3.63, 3.8) is 0 Å². The first-order chi connectivity index (χ1) is 7.69. The zero-order chi connectivity index (χ0) is 11.2. The van der Waals surface area contributed by atoms with Crippen LogP contribution in [0.1, 0.15) is 49.1 Å². The molecule has 0 aliphatic heterocycles. The van der Waals surface area contributed by atoms with Crippen molar-refractivity contribution >= 4 is 0 Å². The minimum absolute atomic E-state index is 0.136. The standard InChI is InChI=1S/C15H21N/c1-11-5-2-3-8-13(11)14-10-15(14,16)9-12-6-4-7-12/h2-3,5,8,12,14H,4,6-7,9-10,16H2,1H3. The quantitative estimate of drug-likeness (QED) is 0.822. The molecule has 2 fully saturated rings. The van der Waals surface area contributed by atoms with Crippen molar-refractivity contribution in [3.05, 3.63) is 35.4 Å². The van der Waals surface area contributed by atoms with Gasteiger partial charge in [-0.2, -0.15) is 0 Å². The Morgan fingerprint density at radius 1 is 1.31 bits per heavy atom. The van der Waals surface area contributed by atoms with Gasteiger partial charge in [0.25, 0.3) is 0 Å². The van der Waals surface area contributed by atoms with Gasteiger partial charge in [-0.05, 0) is 36.8 Å². The maximum atomic E-state index is 6.50. The van der Waals surface area contributed by atoms with Gasteiger partial charge < -0.3 is 5.73 Å². The van der Waals surface area contributed by atoms with Crippen LogP contribution in [0.3, 0.4) is 0 Å². The highest BCUT2D eigenvalue weighted by molar-refractivity contribution is 5.38. The Labute approximate surface area is 98.0 Å². The van der Waals surface area contributed by atoms with Crippen LogP contribution in [0.15, 0.2) is 24.3 Å². The summed E-state index contributed by atoms with van der Waals surface area (Å²) in [4.78, 5) is 0. The number of nitrogens with two attached hydrogens (primary N) is 1. The van der Waals surface area contributed by atoms with E-state index >= 15 is 0 Å². The van der Waals surface area contributed by atoms with Gasteiger partial charge in [0.05, 0.1) is 0 Å². The summed E-state index contributed by atoms with van der Waals surface area (Å²) in [5.41, 5.74) is 9.54. The van der Waals surface area contributed by atoms with Crippen molar-refractivity contribution in [2.24, 2.45) is 11.7 Å². The van der Waals surface area contributed by atoms with E-state index in [0.717, 1.165) is 5.92 Å². The molecule has 0 saturated heterocycles. The summed E-state index contributed by atoms with van der Waals surface area (Å²) in [5.74, 6) is 1.56. The van der Waals surface area contributed by atoms with Crippen molar-refractivity contribution in [1.82, 2.24) is 0 Å². The summed E-state index contributed by atoms with van der Waals surface area (Å²) >= 11 is 0. The fourth-order valence-electron chi connectivity index (χ4n) is 3.18. The maximum Gasteiger partial charge on any atom is 0.0233 e. The lowest BCUT2D eigenvalue weighted by Crippen LogP contribution is -2.30. The number of hydrogen-bond acceptors (Lipinski definition) is 1. The second-order valence-electron chi connectivity index (χ2n) is 5.85. The molecule has 0 bridgehead atoms. The van der Waals surface area contributed by atoms with E-state index < -0.39 is 0 Å². The van der Waals surface area contributed by atoms with Gasteiger partial charge in [0.2, 0.25) is 0 Å². The topological polar surface area (TPSA) is 26.0 Å².